The third-order valence-corrected chi connectivity index (χ3v) is 6.63. The van der Waals surface area contributed by atoms with Crippen LogP contribution in [0.4, 0.5) is 0 Å². The summed E-state index contributed by atoms with van der Waals surface area (Å²) < 4.78 is 6.18. The number of piperidine rings is 1. The van der Waals surface area contributed by atoms with Gasteiger partial charge < -0.3 is 19.8 Å². The zero-order valence-corrected chi connectivity index (χ0v) is 12.3. The summed E-state index contributed by atoms with van der Waals surface area (Å²) in [5.41, 5.74) is 1.37. The quantitative estimate of drug-likeness (QED) is 0.760. The van der Waals surface area contributed by atoms with Gasteiger partial charge in [0.25, 0.3) is 0 Å². The summed E-state index contributed by atoms with van der Waals surface area (Å²) in [6, 6.07) is 3.95. The van der Waals surface area contributed by atoms with Gasteiger partial charge in [0.05, 0.1) is 11.0 Å². The number of hydrogen-bond acceptors (Lipinski definition) is 4. The van der Waals surface area contributed by atoms with E-state index in [1.807, 2.05) is 6.07 Å². The lowest BCUT2D eigenvalue weighted by Gasteiger charge is -2.62. The molecule has 4 heteroatoms. The molecule has 0 radical (unpaired) electrons. The lowest BCUT2D eigenvalue weighted by molar-refractivity contribution is -0.180. The molecule has 1 saturated heterocycles. The first kappa shape index (κ1) is 12.3. The fourth-order valence-corrected chi connectivity index (χ4v) is 5.75. The Morgan fingerprint density at radius 3 is 3.05 bits per heavy atom. The van der Waals surface area contributed by atoms with Crippen LogP contribution in [0.5, 0.6) is 11.5 Å². The molecule has 4 atom stereocenters. The number of phenolic OH excluding ortho intramolecular Hbond substituents is 1. The van der Waals surface area contributed by atoms with E-state index in [1.54, 1.807) is 6.07 Å². The highest BCUT2D eigenvalue weighted by Gasteiger charge is 2.70. The molecule has 1 unspecified atom stereocenters. The summed E-state index contributed by atoms with van der Waals surface area (Å²) in [5.74, 6) is 0.887. The predicted octanol–water partition coefficient (Wildman–Crippen LogP) is 1.57. The van der Waals surface area contributed by atoms with Gasteiger partial charge in [-0.05, 0) is 57.3 Å². The Morgan fingerprint density at radius 1 is 1.33 bits per heavy atom. The molecular formula is C17H21NO3. The average molecular weight is 287 g/mol. The maximum atomic E-state index is 11.7. The molecule has 1 saturated carbocycles. The molecule has 2 N–H and O–H groups in total. The standard InChI is InChI=1S/C17H21NO3/c1-18-8-7-16-13-3-2-6-17(16,20)12(18)9-10-4-5-11(19)15(21-13)14(10)16/h4-5,12-13,19-20H,2-3,6-9H2,1H3/t12?,13-,16+,17+/m0/s1. The summed E-state index contributed by atoms with van der Waals surface area (Å²) in [5, 5.41) is 21.9. The van der Waals surface area contributed by atoms with Crippen LogP contribution in [-0.4, -0.2) is 46.5 Å². The van der Waals surface area contributed by atoms with E-state index in [1.165, 1.54) is 5.56 Å². The molecule has 4 nitrogen and oxygen atoms in total. The molecule has 2 aliphatic carbocycles. The average Bonchev–Trinajstić information content (AvgIpc) is 2.80. The lowest BCUT2D eigenvalue weighted by Crippen LogP contribution is -2.74. The van der Waals surface area contributed by atoms with E-state index in [0.29, 0.717) is 5.75 Å². The van der Waals surface area contributed by atoms with Crippen LogP contribution in [0.3, 0.4) is 0 Å². The van der Waals surface area contributed by atoms with Crippen LogP contribution in [0.2, 0.25) is 0 Å². The van der Waals surface area contributed by atoms with Crippen LogP contribution in [0.1, 0.15) is 36.8 Å². The van der Waals surface area contributed by atoms with Gasteiger partial charge in [-0.1, -0.05) is 6.07 Å². The second-order valence-corrected chi connectivity index (χ2v) is 7.29. The third kappa shape index (κ3) is 1.14. The minimum Gasteiger partial charge on any atom is -0.504 e. The monoisotopic (exact) mass is 287 g/mol. The van der Waals surface area contributed by atoms with Crippen molar-refractivity contribution in [2.24, 2.45) is 0 Å². The van der Waals surface area contributed by atoms with Crippen molar-refractivity contribution in [3.05, 3.63) is 23.3 Å². The molecule has 2 bridgehead atoms. The van der Waals surface area contributed by atoms with Crippen molar-refractivity contribution in [2.45, 2.75) is 55.3 Å². The van der Waals surface area contributed by atoms with E-state index < -0.39 is 5.60 Å². The van der Waals surface area contributed by atoms with Gasteiger partial charge in [-0.3, -0.25) is 0 Å². The first-order valence-electron chi connectivity index (χ1n) is 8.02. The second kappa shape index (κ2) is 3.55. The number of hydrogen-bond donors (Lipinski definition) is 2. The maximum absolute atomic E-state index is 11.7. The van der Waals surface area contributed by atoms with E-state index in [0.717, 1.165) is 44.2 Å². The van der Waals surface area contributed by atoms with Gasteiger partial charge in [0.15, 0.2) is 11.5 Å². The fourth-order valence-electron chi connectivity index (χ4n) is 5.75. The molecule has 21 heavy (non-hydrogen) atoms. The summed E-state index contributed by atoms with van der Waals surface area (Å²) in [6.45, 7) is 0.987. The minimum atomic E-state index is -0.713. The van der Waals surface area contributed by atoms with Crippen molar-refractivity contribution in [3.8, 4) is 11.5 Å². The van der Waals surface area contributed by atoms with Gasteiger partial charge >= 0.3 is 0 Å². The van der Waals surface area contributed by atoms with Crippen LogP contribution in [0.25, 0.3) is 0 Å². The summed E-state index contributed by atoms with van der Waals surface area (Å²) in [4.78, 5) is 2.32. The first-order valence-corrected chi connectivity index (χ1v) is 8.02. The lowest BCUT2D eigenvalue weighted by atomic mass is 9.49. The van der Waals surface area contributed by atoms with Crippen molar-refractivity contribution >= 4 is 0 Å². The van der Waals surface area contributed by atoms with Gasteiger partial charge in [0, 0.05) is 11.6 Å². The number of phenols is 1. The smallest absolute Gasteiger partial charge is 0.165 e. The number of likely N-dealkylation sites (tertiary alicyclic amines) is 1. The van der Waals surface area contributed by atoms with Crippen LogP contribution in [0, 0.1) is 0 Å². The summed E-state index contributed by atoms with van der Waals surface area (Å²) in [6.07, 6.45) is 4.62. The molecule has 1 aromatic carbocycles. The summed E-state index contributed by atoms with van der Waals surface area (Å²) in [7, 11) is 2.13. The molecule has 5 rings (SSSR count). The number of ether oxygens (including phenoxy) is 1. The molecule has 2 fully saturated rings. The van der Waals surface area contributed by atoms with Crippen LogP contribution >= 0.6 is 0 Å². The largest absolute Gasteiger partial charge is 0.504 e. The van der Waals surface area contributed by atoms with Crippen molar-refractivity contribution < 1.29 is 14.9 Å². The molecular weight excluding hydrogens is 266 g/mol. The highest BCUT2D eigenvalue weighted by atomic mass is 16.5. The number of aromatic hydroxyl groups is 1. The van der Waals surface area contributed by atoms with Crippen molar-refractivity contribution in [1.29, 1.82) is 0 Å². The Hall–Kier alpha value is -1.26. The zero-order chi connectivity index (χ0) is 14.4. The third-order valence-electron chi connectivity index (χ3n) is 6.63. The number of aliphatic hydroxyl groups is 1. The van der Waals surface area contributed by atoms with Gasteiger partial charge in [-0.15, -0.1) is 0 Å². The number of benzene rings is 1. The van der Waals surface area contributed by atoms with Crippen molar-refractivity contribution in [3.63, 3.8) is 0 Å². The number of nitrogens with zero attached hydrogens (tertiary/aromatic N) is 1. The number of likely N-dealkylation sites (N-methyl/N-ethyl adjacent to an activating group) is 1. The van der Waals surface area contributed by atoms with Crippen LogP contribution < -0.4 is 4.74 Å². The number of rotatable bonds is 0. The molecule has 2 heterocycles. The normalized spacial score (nSPS) is 43.3. The fraction of sp³-hybridized carbons (Fsp3) is 0.647. The van der Waals surface area contributed by atoms with Crippen molar-refractivity contribution in [1.82, 2.24) is 4.90 Å². The SMILES string of the molecule is CN1CC[C@]23c4c5ccc(O)c4O[C@H]2CCC[C@@]3(O)C1C5. The molecule has 2 aliphatic heterocycles. The highest BCUT2D eigenvalue weighted by molar-refractivity contribution is 5.62. The van der Waals surface area contributed by atoms with Gasteiger partial charge in [0.2, 0.25) is 0 Å². The van der Waals surface area contributed by atoms with Gasteiger partial charge in [-0.25, -0.2) is 0 Å². The van der Waals surface area contributed by atoms with Crippen LogP contribution in [-0.2, 0) is 11.8 Å². The molecule has 1 aromatic rings. The minimum absolute atomic E-state index is 0.0230. The van der Waals surface area contributed by atoms with Gasteiger partial charge in [0.1, 0.15) is 6.10 Å². The van der Waals surface area contributed by atoms with Gasteiger partial charge in [-0.2, -0.15) is 0 Å². The van der Waals surface area contributed by atoms with E-state index >= 15 is 0 Å². The predicted molar refractivity (Wildman–Crippen MR) is 77.7 cm³/mol. The van der Waals surface area contributed by atoms with E-state index in [9.17, 15) is 10.2 Å². The van der Waals surface area contributed by atoms with Crippen molar-refractivity contribution in [2.75, 3.05) is 13.6 Å². The maximum Gasteiger partial charge on any atom is 0.165 e. The second-order valence-electron chi connectivity index (χ2n) is 7.29. The van der Waals surface area contributed by atoms with E-state index in [2.05, 4.69) is 11.9 Å². The topological polar surface area (TPSA) is 52.9 Å². The Morgan fingerprint density at radius 2 is 2.19 bits per heavy atom. The first-order chi connectivity index (χ1) is 10.1. The molecule has 4 aliphatic rings. The Kier molecular flexibility index (Phi) is 2.08. The van der Waals surface area contributed by atoms with Crippen LogP contribution in [0.15, 0.2) is 12.1 Å². The summed E-state index contributed by atoms with van der Waals surface area (Å²) >= 11 is 0. The molecule has 112 valence electrons. The molecule has 0 aromatic heterocycles. The zero-order valence-electron chi connectivity index (χ0n) is 12.3. The Balaban J connectivity index is 1.86. The Bertz CT molecular complexity index is 645. The molecule has 1 spiro atoms. The Labute approximate surface area is 124 Å². The molecule has 0 amide bonds. The van der Waals surface area contributed by atoms with E-state index in [4.69, 9.17) is 4.74 Å². The van der Waals surface area contributed by atoms with E-state index in [-0.39, 0.29) is 23.3 Å². The highest BCUT2D eigenvalue weighted by Crippen LogP contribution is 2.65.